The van der Waals surface area contributed by atoms with E-state index in [1.54, 1.807) is 54.6 Å². The SMILES string of the molecule is N#Cc1ccc(N2CCN(CC(=O)NCC(NC(=O)OCc3ccccc3)C(=O)[O-])C(=O)C2)cc1. The Bertz CT molecular complexity index is 1100. The lowest BCUT2D eigenvalue weighted by atomic mass is 10.2. The molecular formula is C24H24N5O6-. The molecule has 11 nitrogen and oxygen atoms in total. The van der Waals surface area contributed by atoms with Crippen LogP contribution in [-0.2, 0) is 25.7 Å². The van der Waals surface area contributed by atoms with E-state index in [-0.39, 0.29) is 25.6 Å². The van der Waals surface area contributed by atoms with Crippen molar-refractivity contribution in [2.24, 2.45) is 0 Å². The molecule has 3 rings (SSSR count). The molecule has 0 bridgehead atoms. The molecule has 1 atom stereocenters. The van der Waals surface area contributed by atoms with Crippen LogP contribution in [0, 0.1) is 11.3 Å². The Morgan fingerprint density at radius 3 is 2.43 bits per heavy atom. The smallest absolute Gasteiger partial charge is 0.408 e. The largest absolute Gasteiger partial charge is 0.548 e. The number of piperazine rings is 1. The normalized spacial score (nSPS) is 14.0. The van der Waals surface area contributed by atoms with Crippen molar-refractivity contribution < 1.29 is 29.0 Å². The first-order chi connectivity index (χ1) is 16.9. The zero-order valence-electron chi connectivity index (χ0n) is 18.8. The minimum absolute atomic E-state index is 0.0463. The van der Waals surface area contributed by atoms with Gasteiger partial charge in [0.05, 0.1) is 36.7 Å². The fraction of sp³-hybridized carbons (Fsp3) is 0.292. The molecule has 0 saturated carbocycles. The Hall–Kier alpha value is -4.59. The number of nitrogens with one attached hydrogen (secondary N) is 2. The Labute approximate surface area is 201 Å². The molecule has 1 saturated heterocycles. The van der Waals surface area contributed by atoms with Crippen LogP contribution in [0.2, 0.25) is 0 Å². The number of carboxylic acids is 1. The van der Waals surface area contributed by atoms with Gasteiger partial charge < -0.3 is 35.1 Å². The molecule has 11 heteroatoms. The minimum atomic E-state index is -1.59. The van der Waals surface area contributed by atoms with E-state index in [4.69, 9.17) is 10.00 Å². The summed E-state index contributed by atoms with van der Waals surface area (Å²) in [6, 6.07) is 16.2. The van der Waals surface area contributed by atoms with Gasteiger partial charge in [0, 0.05) is 25.3 Å². The number of carbonyl (C=O) groups excluding carboxylic acids is 4. The van der Waals surface area contributed by atoms with Gasteiger partial charge in [-0.1, -0.05) is 30.3 Å². The number of nitrogens with zero attached hydrogens (tertiary/aromatic N) is 3. The summed E-state index contributed by atoms with van der Waals surface area (Å²) in [5.74, 6) is -2.43. The molecule has 1 unspecified atom stereocenters. The molecule has 2 aromatic carbocycles. The van der Waals surface area contributed by atoms with Crippen LogP contribution in [0.5, 0.6) is 0 Å². The van der Waals surface area contributed by atoms with Crippen molar-refractivity contribution >= 4 is 29.6 Å². The van der Waals surface area contributed by atoms with Gasteiger partial charge in [-0.25, -0.2) is 4.79 Å². The van der Waals surface area contributed by atoms with Crippen LogP contribution in [0.25, 0.3) is 0 Å². The molecule has 3 amide bonds. The minimum Gasteiger partial charge on any atom is -0.548 e. The van der Waals surface area contributed by atoms with Crippen molar-refractivity contribution in [3.05, 3.63) is 65.7 Å². The topological polar surface area (TPSA) is 155 Å². The highest BCUT2D eigenvalue weighted by Crippen LogP contribution is 2.17. The van der Waals surface area contributed by atoms with Crippen LogP contribution < -0.4 is 20.6 Å². The Kier molecular flexibility index (Phi) is 8.61. The highest BCUT2D eigenvalue weighted by Gasteiger charge is 2.26. The van der Waals surface area contributed by atoms with Crippen molar-refractivity contribution in [2.75, 3.05) is 37.6 Å². The molecule has 0 spiro atoms. The zero-order chi connectivity index (χ0) is 25.2. The molecule has 2 N–H and O–H groups in total. The molecule has 2 aromatic rings. The zero-order valence-corrected chi connectivity index (χ0v) is 18.8. The van der Waals surface area contributed by atoms with Crippen LogP contribution >= 0.6 is 0 Å². The molecular weight excluding hydrogens is 454 g/mol. The number of nitriles is 1. The van der Waals surface area contributed by atoms with Crippen LogP contribution in [0.1, 0.15) is 11.1 Å². The second kappa shape index (κ2) is 12.0. The van der Waals surface area contributed by atoms with E-state index in [1.807, 2.05) is 11.0 Å². The average Bonchev–Trinajstić information content (AvgIpc) is 2.87. The molecule has 0 aliphatic carbocycles. The lowest BCUT2D eigenvalue weighted by Gasteiger charge is -2.35. The number of benzene rings is 2. The Morgan fingerprint density at radius 2 is 1.80 bits per heavy atom. The second-order valence-electron chi connectivity index (χ2n) is 7.78. The number of amides is 3. The summed E-state index contributed by atoms with van der Waals surface area (Å²) in [5.41, 5.74) is 2.04. The van der Waals surface area contributed by atoms with Gasteiger partial charge in [-0.05, 0) is 29.8 Å². The van der Waals surface area contributed by atoms with Crippen LogP contribution in [0.3, 0.4) is 0 Å². The van der Waals surface area contributed by atoms with Crippen LogP contribution in [-0.4, -0.2) is 67.5 Å². The maximum Gasteiger partial charge on any atom is 0.408 e. The summed E-state index contributed by atoms with van der Waals surface area (Å²) in [7, 11) is 0. The molecule has 0 aromatic heterocycles. The average molecular weight is 478 g/mol. The maximum absolute atomic E-state index is 12.5. The molecule has 1 aliphatic heterocycles. The van der Waals surface area contributed by atoms with E-state index >= 15 is 0 Å². The third kappa shape index (κ3) is 7.46. The first-order valence-corrected chi connectivity index (χ1v) is 10.8. The Morgan fingerprint density at radius 1 is 1.09 bits per heavy atom. The lowest BCUT2D eigenvalue weighted by molar-refractivity contribution is -0.308. The fourth-order valence-electron chi connectivity index (χ4n) is 3.39. The van der Waals surface area contributed by atoms with Gasteiger partial charge in [0.15, 0.2) is 0 Å². The molecule has 1 aliphatic rings. The van der Waals surface area contributed by atoms with Gasteiger partial charge in [-0.15, -0.1) is 0 Å². The van der Waals surface area contributed by atoms with Crippen LogP contribution in [0.4, 0.5) is 10.5 Å². The van der Waals surface area contributed by atoms with E-state index in [0.29, 0.717) is 18.7 Å². The van der Waals surface area contributed by atoms with Crippen molar-refractivity contribution in [3.63, 3.8) is 0 Å². The number of carbonyl (C=O) groups is 4. The molecule has 182 valence electrons. The van der Waals surface area contributed by atoms with Gasteiger partial charge in [-0.2, -0.15) is 5.26 Å². The fourth-order valence-corrected chi connectivity index (χ4v) is 3.39. The van der Waals surface area contributed by atoms with Crippen molar-refractivity contribution in [3.8, 4) is 6.07 Å². The quantitative estimate of drug-likeness (QED) is 0.483. The number of aliphatic carboxylic acids is 1. The summed E-state index contributed by atoms with van der Waals surface area (Å²) in [6.45, 7) is 0.117. The van der Waals surface area contributed by atoms with Crippen molar-refractivity contribution in [1.82, 2.24) is 15.5 Å². The molecule has 35 heavy (non-hydrogen) atoms. The van der Waals surface area contributed by atoms with Crippen molar-refractivity contribution in [2.45, 2.75) is 12.6 Å². The number of anilines is 1. The van der Waals surface area contributed by atoms with Gasteiger partial charge >= 0.3 is 6.09 Å². The lowest BCUT2D eigenvalue weighted by Crippen LogP contribution is -2.56. The molecule has 1 heterocycles. The predicted molar refractivity (Wildman–Crippen MR) is 122 cm³/mol. The summed E-state index contributed by atoms with van der Waals surface area (Å²) in [6.07, 6.45) is -0.966. The number of rotatable bonds is 9. The van der Waals surface area contributed by atoms with E-state index in [9.17, 15) is 24.3 Å². The molecule has 1 fully saturated rings. The third-order valence-corrected chi connectivity index (χ3v) is 5.31. The summed E-state index contributed by atoms with van der Waals surface area (Å²) >= 11 is 0. The Balaban J connectivity index is 1.43. The summed E-state index contributed by atoms with van der Waals surface area (Å²) < 4.78 is 4.98. The predicted octanol–water partition coefficient (Wildman–Crippen LogP) is -0.632. The number of hydrogen-bond donors (Lipinski definition) is 2. The third-order valence-electron chi connectivity index (χ3n) is 5.31. The van der Waals surface area contributed by atoms with E-state index in [2.05, 4.69) is 10.6 Å². The van der Waals surface area contributed by atoms with Gasteiger partial charge in [0.2, 0.25) is 11.8 Å². The van der Waals surface area contributed by atoms with Gasteiger partial charge in [-0.3, -0.25) is 9.59 Å². The van der Waals surface area contributed by atoms with E-state index in [1.165, 1.54) is 4.90 Å². The van der Waals surface area contributed by atoms with Crippen LogP contribution in [0.15, 0.2) is 54.6 Å². The number of ether oxygens (including phenoxy) is 1. The van der Waals surface area contributed by atoms with E-state index < -0.39 is 30.6 Å². The highest BCUT2D eigenvalue weighted by molar-refractivity contribution is 5.88. The van der Waals surface area contributed by atoms with Gasteiger partial charge in [0.25, 0.3) is 0 Å². The van der Waals surface area contributed by atoms with Crippen molar-refractivity contribution in [1.29, 1.82) is 5.26 Å². The second-order valence-corrected chi connectivity index (χ2v) is 7.78. The molecule has 0 radical (unpaired) electrons. The first-order valence-electron chi connectivity index (χ1n) is 10.8. The van der Waals surface area contributed by atoms with E-state index in [0.717, 1.165) is 11.3 Å². The first kappa shape index (κ1) is 25.0. The summed E-state index contributed by atoms with van der Waals surface area (Å²) in [5, 5.41) is 24.8. The standard InChI is InChI=1S/C24H25N5O6/c25-12-17-6-8-19(9-7-17)28-10-11-29(22(31)15-28)14-21(30)26-13-20(23(32)33)27-24(34)35-16-18-4-2-1-3-5-18/h1-9,20H,10-11,13-16H2,(H,26,30)(H,27,34)(H,32,33)/p-1. The number of hydrogen-bond acceptors (Lipinski definition) is 8. The highest BCUT2D eigenvalue weighted by atomic mass is 16.5. The summed E-state index contributed by atoms with van der Waals surface area (Å²) in [4.78, 5) is 51.3. The number of alkyl carbamates (subject to hydrolysis) is 1. The van der Waals surface area contributed by atoms with Gasteiger partial charge in [0.1, 0.15) is 6.61 Å². The maximum atomic E-state index is 12.5. The monoisotopic (exact) mass is 478 g/mol. The number of carboxylic acid groups (broad SMARTS) is 1.